The Bertz CT molecular complexity index is 956. The SMILES string of the molecule is CC(=O)Nc1ccc(S(=O)(=O)NCCCc2ccc(N3CCCC3)cc2)cc1F. The van der Waals surface area contributed by atoms with Gasteiger partial charge in [-0.05, 0) is 61.6 Å². The smallest absolute Gasteiger partial charge is 0.240 e. The largest absolute Gasteiger partial charge is 0.372 e. The first-order valence-corrected chi connectivity index (χ1v) is 11.2. The van der Waals surface area contributed by atoms with E-state index in [2.05, 4.69) is 39.2 Å². The van der Waals surface area contributed by atoms with Crippen LogP contribution in [0.5, 0.6) is 0 Å². The number of hydrogen-bond acceptors (Lipinski definition) is 4. The molecule has 2 aromatic carbocycles. The van der Waals surface area contributed by atoms with E-state index in [0.29, 0.717) is 6.42 Å². The summed E-state index contributed by atoms with van der Waals surface area (Å²) in [4.78, 5) is 13.2. The van der Waals surface area contributed by atoms with Crippen molar-refractivity contribution in [1.82, 2.24) is 4.72 Å². The first-order valence-electron chi connectivity index (χ1n) is 9.76. The number of nitrogens with one attached hydrogen (secondary N) is 2. The molecule has 0 spiro atoms. The third-order valence-electron chi connectivity index (χ3n) is 4.90. The summed E-state index contributed by atoms with van der Waals surface area (Å²) in [6.07, 6.45) is 3.86. The number of hydrogen-bond donors (Lipinski definition) is 2. The van der Waals surface area contributed by atoms with Crippen molar-refractivity contribution in [2.75, 3.05) is 29.9 Å². The van der Waals surface area contributed by atoms with Gasteiger partial charge in [-0.2, -0.15) is 0 Å². The molecule has 0 aliphatic carbocycles. The highest BCUT2D eigenvalue weighted by Gasteiger charge is 2.16. The molecule has 3 rings (SSSR count). The number of carbonyl (C=O) groups is 1. The van der Waals surface area contributed by atoms with E-state index in [4.69, 9.17) is 0 Å². The summed E-state index contributed by atoms with van der Waals surface area (Å²) in [5, 5.41) is 2.31. The van der Waals surface area contributed by atoms with Crippen molar-refractivity contribution >= 4 is 27.3 Å². The summed E-state index contributed by atoms with van der Waals surface area (Å²) in [5.74, 6) is -1.22. The van der Waals surface area contributed by atoms with Gasteiger partial charge in [0.25, 0.3) is 0 Å². The highest BCUT2D eigenvalue weighted by molar-refractivity contribution is 7.89. The summed E-state index contributed by atoms with van der Waals surface area (Å²) in [6.45, 7) is 3.72. The maximum atomic E-state index is 14.0. The van der Waals surface area contributed by atoms with Crippen LogP contribution in [0.15, 0.2) is 47.4 Å². The molecule has 156 valence electrons. The number of halogens is 1. The lowest BCUT2D eigenvalue weighted by Crippen LogP contribution is -2.25. The molecular weight excluding hydrogens is 393 g/mol. The second kappa shape index (κ2) is 9.37. The van der Waals surface area contributed by atoms with Gasteiger partial charge in [-0.1, -0.05) is 12.1 Å². The quantitative estimate of drug-likeness (QED) is 0.644. The molecule has 2 aromatic rings. The van der Waals surface area contributed by atoms with Gasteiger partial charge in [0.05, 0.1) is 10.6 Å². The third-order valence-corrected chi connectivity index (χ3v) is 6.36. The van der Waals surface area contributed by atoms with Crippen molar-refractivity contribution in [3.05, 3.63) is 53.8 Å². The van der Waals surface area contributed by atoms with E-state index in [1.807, 2.05) is 0 Å². The summed E-state index contributed by atoms with van der Waals surface area (Å²) in [6, 6.07) is 11.8. The number of nitrogens with zero attached hydrogens (tertiary/aromatic N) is 1. The fourth-order valence-corrected chi connectivity index (χ4v) is 4.47. The highest BCUT2D eigenvalue weighted by atomic mass is 32.2. The van der Waals surface area contributed by atoms with Crippen LogP contribution in [-0.2, 0) is 21.2 Å². The molecule has 0 atom stereocenters. The molecule has 8 heteroatoms. The number of anilines is 2. The standard InChI is InChI=1S/C21H26FN3O3S/c1-16(26)24-21-11-10-19(15-20(21)22)29(27,28)23-12-4-5-17-6-8-18(9-7-17)25-13-2-3-14-25/h6-11,15,23H,2-5,12-14H2,1H3,(H,24,26). The van der Waals surface area contributed by atoms with E-state index in [1.165, 1.54) is 37.6 Å². The average molecular weight is 420 g/mol. The van der Waals surface area contributed by atoms with Gasteiger partial charge in [0.2, 0.25) is 15.9 Å². The van der Waals surface area contributed by atoms with Crippen LogP contribution in [0.25, 0.3) is 0 Å². The van der Waals surface area contributed by atoms with Crippen LogP contribution >= 0.6 is 0 Å². The fraction of sp³-hybridized carbons (Fsp3) is 0.381. The molecule has 0 saturated carbocycles. The van der Waals surface area contributed by atoms with Gasteiger partial charge in [0, 0.05) is 32.2 Å². The number of carbonyl (C=O) groups excluding carboxylic acids is 1. The monoisotopic (exact) mass is 419 g/mol. The number of aryl methyl sites for hydroxylation is 1. The zero-order valence-electron chi connectivity index (χ0n) is 16.4. The molecule has 0 unspecified atom stereocenters. The molecule has 1 fully saturated rings. The average Bonchev–Trinajstić information content (AvgIpc) is 3.22. The summed E-state index contributed by atoms with van der Waals surface area (Å²) in [7, 11) is -3.81. The molecule has 1 heterocycles. The number of sulfonamides is 1. The van der Waals surface area contributed by atoms with E-state index in [0.717, 1.165) is 31.1 Å². The van der Waals surface area contributed by atoms with Crippen LogP contribution < -0.4 is 14.9 Å². The van der Waals surface area contributed by atoms with Crippen LogP contribution in [0, 0.1) is 5.82 Å². The van der Waals surface area contributed by atoms with Gasteiger partial charge in [0.15, 0.2) is 0 Å². The van der Waals surface area contributed by atoms with Gasteiger partial charge < -0.3 is 10.2 Å². The molecule has 1 saturated heterocycles. The van der Waals surface area contributed by atoms with Gasteiger partial charge in [-0.3, -0.25) is 4.79 Å². The lowest BCUT2D eigenvalue weighted by Gasteiger charge is -2.17. The summed E-state index contributed by atoms with van der Waals surface area (Å²) in [5.41, 5.74) is 2.34. The zero-order chi connectivity index (χ0) is 20.9. The maximum absolute atomic E-state index is 14.0. The number of rotatable bonds is 8. The Morgan fingerprint density at radius 2 is 1.79 bits per heavy atom. The number of amides is 1. The van der Waals surface area contributed by atoms with Gasteiger partial charge in [-0.25, -0.2) is 17.5 Å². The zero-order valence-corrected chi connectivity index (χ0v) is 17.3. The van der Waals surface area contributed by atoms with Crippen LogP contribution in [0.2, 0.25) is 0 Å². The highest BCUT2D eigenvalue weighted by Crippen LogP contribution is 2.21. The number of benzene rings is 2. The lowest BCUT2D eigenvalue weighted by molar-refractivity contribution is -0.114. The topological polar surface area (TPSA) is 78.5 Å². The molecular formula is C21H26FN3O3S. The van der Waals surface area contributed by atoms with Gasteiger partial charge in [0.1, 0.15) is 5.82 Å². The van der Waals surface area contributed by atoms with E-state index >= 15 is 0 Å². The van der Waals surface area contributed by atoms with E-state index in [-0.39, 0.29) is 17.1 Å². The Hall–Kier alpha value is -2.45. The van der Waals surface area contributed by atoms with Crippen molar-refractivity contribution in [2.45, 2.75) is 37.5 Å². The predicted molar refractivity (Wildman–Crippen MR) is 112 cm³/mol. The van der Waals surface area contributed by atoms with Crippen LogP contribution in [0.4, 0.5) is 15.8 Å². The minimum absolute atomic E-state index is 0.0474. The summed E-state index contributed by atoms with van der Waals surface area (Å²) < 4.78 is 41.2. The third kappa shape index (κ3) is 5.77. The molecule has 6 nitrogen and oxygen atoms in total. The molecule has 1 aliphatic rings. The Balaban J connectivity index is 1.50. The Morgan fingerprint density at radius 1 is 1.10 bits per heavy atom. The minimum atomic E-state index is -3.81. The van der Waals surface area contributed by atoms with Crippen LogP contribution in [0.1, 0.15) is 31.7 Å². The van der Waals surface area contributed by atoms with Crippen molar-refractivity contribution in [2.24, 2.45) is 0 Å². The Kier molecular flexibility index (Phi) is 6.87. The minimum Gasteiger partial charge on any atom is -0.372 e. The Labute approximate surface area is 171 Å². The molecule has 1 amide bonds. The van der Waals surface area contributed by atoms with Crippen LogP contribution in [-0.4, -0.2) is 34.0 Å². The first-order chi connectivity index (χ1) is 13.8. The van der Waals surface area contributed by atoms with Crippen molar-refractivity contribution in [3.63, 3.8) is 0 Å². The summed E-state index contributed by atoms with van der Waals surface area (Å²) >= 11 is 0. The van der Waals surface area contributed by atoms with E-state index in [9.17, 15) is 17.6 Å². The second-order valence-electron chi connectivity index (χ2n) is 7.18. The molecule has 0 radical (unpaired) electrons. The van der Waals surface area contributed by atoms with E-state index in [1.54, 1.807) is 0 Å². The van der Waals surface area contributed by atoms with E-state index < -0.39 is 21.7 Å². The second-order valence-corrected chi connectivity index (χ2v) is 8.95. The maximum Gasteiger partial charge on any atom is 0.240 e. The van der Waals surface area contributed by atoms with Crippen LogP contribution in [0.3, 0.4) is 0 Å². The lowest BCUT2D eigenvalue weighted by atomic mass is 10.1. The Morgan fingerprint density at radius 3 is 2.41 bits per heavy atom. The molecule has 2 N–H and O–H groups in total. The molecule has 29 heavy (non-hydrogen) atoms. The van der Waals surface area contributed by atoms with Crippen molar-refractivity contribution in [3.8, 4) is 0 Å². The molecule has 0 bridgehead atoms. The van der Waals surface area contributed by atoms with Crippen molar-refractivity contribution in [1.29, 1.82) is 0 Å². The molecule has 1 aliphatic heterocycles. The predicted octanol–water partition coefficient (Wildman–Crippen LogP) is 3.30. The van der Waals surface area contributed by atoms with Crippen molar-refractivity contribution < 1.29 is 17.6 Å². The fourth-order valence-electron chi connectivity index (χ4n) is 3.39. The van der Waals surface area contributed by atoms with Gasteiger partial charge >= 0.3 is 0 Å². The first kappa shape index (κ1) is 21.3. The normalized spacial score (nSPS) is 14.2. The molecule has 0 aromatic heterocycles. The van der Waals surface area contributed by atoms with Gasteiger partial charge in [-0.15, -0.1) is 0 Å².